The van der Waals surface area contributed by atoms with Crippen LogP contribution in [0, 0.1) is 0 Å². The van der Waals surface area contributed by atoms with Gasteiger partial charge in [-0.3, -0.25) is 9.59 Å². The van der Waals surface area contributed by atoms with Crippen molar-refractivity contribution in [2.24, 2.45) is 0 Å². The molecule has 0 bridgehead atoms. The summed E-state index contributed by atoms with van der Waals surface area (Å²) in [6.07, 6.45) is 2.59. The summed E-state index contributed by atoms with van der Waals surface area (Å²) in [5, 5.41) is 19.5. The molecule has 7 heteroatoms. The molecule has 19 heavy (non-hydrogen) atoms. The number of aromatic nitrogens is 3. The summed E-state index contributed by atoms with van der Waals surface area (Å²) in [6.45, 7) is 2.77. The Labute approximate surface area is 111 Å². The van der Waals surface area contributed by atoms with Gasteiger partial charge in [0.05, 0.1) is 6.04 Å². The van der Waals surface area contributed by atoms with Crippen LogP contribution in [0.1, 0.15) is 50.3 Å². The van der Waals surface area contributed by atoms with E-state index in [2.05, 4.69) is 15.5 Å². The highest BCUT2D eigenvalue weighted by atomic mass is 16.4. The lowest BCUT2D eigenvalue weighted by atomic mass is 10.2. The molecule has 0 radical (unpaired) electrons. The zero-order valence-corrected chi connectivity index (χ0v) is 10.9. The minimum Gasteiger partial charge on any atom is -0.481 e. The van der Waals surface area contributed by atoms with Gasteiger partial charge in [-0.2, -0.15) is 0 Å². The van der Waals surface area contributed by atoms with Gasteiger partial charge >= 0.3 is 5.97 Å². The number of hydrogen-bond acceptors (Lipinski definition) is 4. The normalized spacial score (nSPS) is 15.0. The van der Waals surface area contributed by atoms with Crippen molar-refractivity contribution < 1.29 is 14.7 Å². The minimum absolute atomic E-state index is 0.0160. The van der Waals surface area contributed by atoms with Crippen molar-refractivity contribution in [2.45, 2.75) is 51.6 Å². The summed E-state index contributed by atoms with van der Waals surface area (Å²) in [5.74, 6) is 0.723. The standard InChI is InChI=1S/C12H18N4O3/c1-8(13-10(17)5-2-6-11(18)19)12-15-14-9-4-3-7-16(9)12/h8H,2-7H2,1H3,(H,13,17)(H,18,19). The molecule has 0 aromatic carbocycles. The van der Waals surface area contributed by atoms with E-state index < -0.39 is 5.97 Å². The van der Waals surface area contributed by atoms with Gasteiger partial charge in [0.25, 0.3) is 0 Å². The maximum atomic E-state index is 11.7. The van der Waals surface area contributed by atoms with Crippen LogP contribution < -0.4 is 5.32 Å². The Kier molecular flexibility index (Phi) is 4.13. The van der Waals surface area contributed by atoms with Gasteiger partial charge in [0, 0.05) is 25.8 Å². The monoisotopic (exact) mass is 266 g/mol. The Morgan fingerprint density at radius 3 is 2.95 bits per heavy atom. The van der Waals surface area contributed by atoms with Gasteiger partial charge in [-0.15, -0.1) is 10.2 Å². The molecule has 1 aliphatic heterocycles. The fourth-order valence-corrected chi connectivity index (χ4v) is 2.27. The lowest BCUT2D eigenvalue weighted by Crippen LogP contribution is -2.28. The van der Waals surface area contributed by atoms with E-state index in [-0.39, 0.29) is 24.8 Å². The number of carboxylic acid groups (broad SMARTS) is 1. The Hall–Kier alpha value is -1.92. The third-order valence-electron chi connectivity index (χ3n) is 3.20. The van der Waals surface area contributed by atoms with Crippen molar-refractivity contribution in [3.63, 3.8) is 0 Å². The molecular formula is C12H18N4O3. The highest BCUT2D eigenvalue weighted by Gasteiger charge is 2.22. The molecule has 7 nitrogen and oxygen atoms in total. The fraction of sp³-hybridized carbons (Fsp3) is 0.667. The number of carboxylic acids is 1. The Morgan fingerprint density at radius 1 is 1.42 bits per heavy atom. The van der Waals surface area contributed by atoms with Gasteiger partial charge in [-0.05, 0) is 19.8 Å². The number of hydrogen-bond donors (Lipinski definition) is 2. The van der Waals surface area contributed by atoms with Crippen LogP contribution in [0.3, 0.4) is 0 Å². The van der Waals surface area contributed by atoms with Crippen molar-refractivity contribution in [1.82, 2.24) is 20.1 Å². The van der Waals surface area contributed by atoms with Gasteiger partial charge in [0.2, 0.25) is 5.91 Å². The number of fused-ring (bicyclic) bond motifs is 1. The number of amides is 1. The lowest BCUT2D eigenvalue weighted by Gasteiger charge is -2.13. The SMILES string of the molecule is CC(NC(=O)CCCC(=O)O)c1nnc2n1CCC2. The number of carbonyl (C=O) groups excluding carboxylic acids is 1. The number of aryl methyl sites for hydroxylation is 1. The Morgan fingerprint density at radius 2 is 2.21 bits per heavy atom. The maximum absolute atomic E-state index is 11.7. The second-order valence-electron chi connectivity index (χ2n) is 4.77. The number of aliphatic carboxylic acids is 1. The number of carbonyl (C=O) groups is 2. The highest BCUT2D eigenvalue weighted by Crippen LogP contribution is 2.18. The molecule has 0 saturated carbocycles. The number of nitrogens with one attached hydrogen (secondary N) is 1. The van der Waals surface area contributed by atoms with E-state index in [1.165, 1.54) is 0 Å². The molecule has 2 N–H and O–H groups in total. The van der Waals surface area contributed by atoms with Crippen LogP contribution in [0.25, 0.3) is 0 Å². The zero-order chi connectivity index (χ0) is 13.8. The van der Waals surface area contributed by atoms with E-state index in [1.807, 2.05) is 11.5 Å². The molecule has 2 heterocycles. The first kappa shape index (κ1) is 13.5. The molecule has 104 valence electrons. The van der Waals surface area contributed by atoms with Crippen molar-refractivity contribution in [3.05, 3.63) is 11.6 Å². The second-order valence-corrected chi connectivity index (χ2v) is 4.77. The van der Waals surface area contributed by atoms with Crippen LogP contribution in [0.2, 0.25) is 0 Å². The summed E-state index contributed by atoms with van der Waals surface area (Å²) < 4.78 is 2.04. The summed E-state index contributed by atoms with van der Waals surface area (Å²) in [6, 6.07) is -0.198. The molecule has 1 aliphatic rings. The predicted octanol–water partition coefficient (Wildman–Crippen LogP) is 0.656. The topological polar surface area (TPSA) is 97.1 Å². The molecule has 2 rings (SSSR count). The first-order chi connectivity index (χ1) is 9.08. The average molecular weight is 266 g/mol. The third kappa shape index (κ3) is 3.30. The van der Waals surface area contributed by atoms with Gasteiger partial charge in [-0.25, -0.2) is 0 Å². The molecule has 1 aromatic rings. The third-order valence-corrected chi connectivity index (χ3v) is 3.20. The van der Waals surface area contributed by atoms with Crippen molar-refractivity contribution in [2.75, 3.05) is 0 Å². The van der Waals surface area contributed by atoms with E-state index in [1.54, 1.807) is 0 Å². The van der Waals surface area contributed by atoms with Crippen LogP contribution in [0.5, 0.6) is 0 Å². The molecule has 1 unspecified atom stereocenters. The summed E-state index contributed by atoms with van der Waals surface area (Å²) in [7, 11) is 0. The second kappa shape index (κ2) is 5.81. The van der Waals surface area contributed by atoms with E-state index in [0.717, 1.165) is 31.0 Å². The van der Waals surface area contributed by atoms with E-state index in [9.17, 15) is 9.59 Å². The molecule has 1 atom stereocenters. The van der Waals surface area contributed by atoms with E-state index >= 15 is 0 Å². The van der Waals surface area contributed by atoms with E-state index in [0.29, 0.717) is 6.42 Å². The molecule has 0 spiro atoms. The van der Waals surface area contributed by atoms with Crippen LogP contribution in [-0.4, -0.2) is 31.7 Å². The first-order valence-corrected chi connectivity index (χ1v) is 6.51. The van der Waals surface area contributed by atoms with Gasteiger partial charge < -0.3 is 15.0 Å². The minimum atomic E-state index is -0.879. The number of rotatable bonds is 6. The fourth-order valence-electron chi connectivity index (χ4n) is 2.27. The maximum Gasteiger partial charge on any atom is 0.303 e. The van der Waals surface area contributed by atoms with Crippen molar-refractivity contribution in [3.8, 4) is 0 Å². The number of nitrogens with zero attached hydrogens (tertiary/aromatic N) is 3. The molecule has 1 aromatic heterocycles. The quantitative estimate of drug-likeness (QED) is 0.788. The van der Waals surface area contributed by atoms with Crippen LogP contribution in [0.15, 0.2) is 0 Å². The van der Waals surface area contributed by atoms with Crippen LogP contribution >= 0.6 is 0 Å². The smallest absolute Gasteiger partial charge is 0.303 e. The summed E-state index contributed by atoms with van der Waals surface area (Å²) in [5.41, 5.74) is 0. The van der Waals surface area contributed by atoms with Gasteiger partial charge in [0.1, 0.15) is 5.82 Å². The lowest BCUT2D eigenvalue weighted by molar-refractivity contribution is -0.137. The van der Waals surface area contributed by atoms with Crippen molar-refractivity contribution >= 4 is 11.9 Å². The molecule has 0 fully saturated rings. The molecule has 0 saturated heterocycles. The summed E-state index contributed by atoms with van der Waals surface area (Å²) >= 11 is 0. The van der Waals surface area contributed by atoms with Crippen molar-refractivity contribution in [1.29, 1.82) is 0 Å². The largest absolute Gasteiger partial charge is 0.481 e. The zero-order valence-electron chi connectivity index (χ0n) is 10.9. The predicted molar refractivity (Wildman–Crippen MR) is 66.4 cm³/mol. The molecule has 1 amide bonds. The summed E-state index contributed by atoms with van der Waals surface area (Å²) in [4.78, 5) is 22.0. The Balaban J connectivity index is 1.85. The molecular weight excluding hydrogens is 248 g/mol. The molecule has 0 aliphatic carbocycles. The van der Waals surface area contributed by atoms with Crippen LogP contribution in [-0.2, 0) is 22.6 Å². The van der Waals surface area contributed by atoms with Crippen LogP contribution in [0.4, 0.5) is 0 Å². The average Bonchev–Trinajstić information content (AvgIpc) is 2.88. The highest BCUT2D eigenvalue weighted by molar-refractivity contribution is 5.77. The van der Waals surface area contributed by atoms with Gasteiger partial charge in [-0.1, -0.05) is 0 Å². The first-order valence-electron chi connectivity index (χ1n) is 6.51. The Bertz CT molecular complexity index is 483. The van der Waals surface area contributed by atoms with Gasteiger partial charge in [0.15, 0.2) is 5.82 Å². The van der Waals surface area contributed by atoms with E-state index in [4.69, 9.17) is 5.11 Å².